The number of nitrogens with zero attached hydrogens (tertiary/aromatic N) is 2. The van der Waals surface area contributed by atoms with Crippen molar-refractivity contribution in [1.82, 2.24) is 8.61 Å². The average Bonchev–Trinajstić information content (AvgIpc) is 2.48. The van der Waals surface area contributed by atoms with Crippen LogP contribution in [0.4, 0.5) is 0 Å². The fraction of sp³-hybridized carbons (Fsp3) is 1.00. The number of morpholine rings is 1. The molecular formula is C14H29N3O3S. The molecule has 2 aliphatic rings. The Bertz CT molecular complexity index is 437. The molecular weight excluding hydrogens is 290 g/mol. The second-order valence-corrected chi connectivity index (χ2v) is 8.17. The van der Waals surface area contributed by atoms with Gasteiger partial charge in [0.2, 0.25) is 0 Å². The summed E-state index contributed by atoms with van der Waals surface area (Å²) in [7, 11) is -3.46. The maximum absolute atomic E-state index is 13.0. The van der Waals surface area contributed by atoms with E-state index >= 15 is 0 Å². The molecule has 2 fully saturated rings. The van der Waals surface area contributed by atoms with E-state index in [0.717, 1.165) is 25.7 Å². The molecule has 0 bridgehead atoms. The molecule has 0 aromatic heterocycles. The minimum absolute atomic E-state index is 0.398. The lowest BCUT2D eigenvalue weighted by atomic mass is 9.76. The van der Waals surface area contributed by atoms with Gasteiger partial charge in [-0.15, -0.1) is 0 Å². The van der Waals surface area contributed by atoms with E-state index in [1.165, 1.54) is 0 Å². The molecule has 1 saturated heterocycles. The average molecular weight is 319 g/mol. The predicted molar refractivity (Wildman–Crippen MR) is 83.1 cm³/mol. The van der Waals surface area contributed by atoms with Gasteiger partial charge in [0, 0.05) is 31.7 Å². The molecule has 7 heteroatoms. The molecule has 124 valence electrons. The first kappa shape index (κ1) is 17.1. The smallest absolute Gasteiger partial charge is 0.282 e. The van der Waals surface area contributed by atoms with Crippen molar-refractivity contribution in [1.29, 1.82) is 0 Å². The normalized spacial score (nSPS) is 32.5. The van der Waals surface area contributed by atoms with E-state index in [-0.39, 0.29) is 0 Å². The van der Waals surface area contributed by atoms with Crippen molar-refractivity contribution in [3.8, 4) is 0 Å². The van der Waals surface area contributed by atoms with Crippen LogP contribution in [-0.4, -0.2) is 62.0 Å². The van der Waals surface area contributed by atoms with Gasteiger partial charge in [0.05, 0.1) is 13.2 Å². The van der Waals surface area contributed by atoms with Gasteiger partial charge < -0.3 is 10.5 Å². The first-order valence-corrected chi connectivity index (χ1v) is 9.41. The number of nitrogens with two attached hydrogens (primary N) is 1. The van der Waals surface area contributed by atoms with Gasteiger partial charge in [-0.1, -0.05) is 26.7 Å². The van der Waals surface area contributed by atoms with Crippen LogP contribution in [0.15, 0.2) is 0 Å². The van der Waals surface area contributed by atoms with Crippen molar-refractivity contribution in [2.45, 2.75) is 45.1 Å². The first-order valence-electron chi connectivity index (χ1n) is 8.02. The monoisotopic (exact) mass is 319 g/mol. The summed E-state index contributed by atoms with van der Waals surface area (Å²) < 4.78 is 34.5. The Balaban J connectivity index is 2.27. The van der Waals surface area contributed by atoms with Crippen LogP contribution in [0, 0.1) is 5.92 Å². The van der Waals surface area contributed by atoms with E-state index in [0.29, 0.717) is 45.3 Å². The second-order valence-electron chi connectivity index (χ2n) is 6.31. The van der Waals surface area contributed by atoms with Crippen LogP contribution in [0.5, 0.6) is 0 Å². The summed E-state index contributed by atoms with van der Waals surface area (Å²) in [5.41, 5.74) is 5.64. The van der Waals surface area contributed by atoms with Gasteiger partial charge in [-0.2, -0.15) is 17.0 Å². The van der Waals surface area contributed by atoms with Gasteiger partial charge in [-0.05, 0) is 18.8 Å². The maximum atomic E-state index is 13.0. The molecule has 0 amide bonds. The highest BCUT2D eigenvalue weighted by Gasteiger charge is 2.46. The molecule has 1 heterocycles. The van der Waals surface area contributed by atoms with Gasteiger partial charge in [0.25, 0.3) is 10.2 Å². The number of rotatable bonds is 5. The number of ether oxygens (including phenoxy) is 1. The molecule has 1 aliphatic carbocycles. The van der Waals surface area contributed by atoms with E-state index in [1.54, 1.807) is 8.61 Å². The van der Waals surface area contributed by atoms with Crippen molar-refractivity contribution in [3.63, 3.8) is 0 Å². The van der Waals surface area contributed by atoms with Gasteiger partial charge in [-0.3, -0.25) is 0 Å². The molecule has 0 radical (unpaired) electrons. The molecule has 2 unspecified atom stereocenters. The highest BCUT2D eigenvalue weighted by atomic mass is 32.2. The Morgan fingerprint density at radius 1 is 1.38 bits per heavy atom. The SMILES string of the molecule is CCN(C1(CN)CCCC(C)C1)S(=O)(=O)N1CCOCC1. The molecule has 2 rings (SSSR count). The third-order valence-corrected chi connectivity index (χ3v) is 7.06. The lowest BCUT2D eigenvalue weighted by Crippen LogP contribution is -2.62. The Hall–Kier alpha value is -0.210. The third kappa shape index (κ3) is 3.42. The van der Waals surface area contributed by atoms with Crippen LogP contribution >= 0.6 is 0 Å². The molecule has 0 spiro atoms. The molecule has 2 atom stereocenters. The lowest BCUT2D eigenvalue weighted by Gasteiger charge is -2.48. The van der Waals surface area contributed by atoms with Gasteiger partial charge in [-0.25, -0.2) is 0 Å². The Morgan fingerprint density at radius 2 is 2.05 bits per heavy atom. The Labute approximate surface area is 128 Å². The number of likely N-dealkylation sites (N-methyl/N-ethyl adjacent to an activating group) is 1. The van der Waals surface area contributed by atoms with Gasteiger partial charge >= 0.3 is 0 Å². The molecule has 0 aromatic rings. The summed E-state index contributed by atoms with van der Waals surface area (Å²) in [5.74, 6) is 0.524. The molecule has 6 nitrogen and oxygen atoms in total. The Kier molecular flexibility index (Phi) is 5.65. The topological polar surface area (TPSA) is 75.9 Å². The zero-order chi connectivity index (χ0) is 15.5. The minimum atomic E-state index is -3.46. The van der Waals surface area contributed by atoms with Crippen LogP contribution in [0.1, 0.15) is 39.5 Å². The zero-order valence-electron chi connectivity index (χ0n) is 13.3. The molecule has 2 N–H and O–H groups in total. The summed E-state index contributed by atoms with van der Waals surface area (Å²) in [6.07, 6.45) is 3.94. The molecule has 1 aliphatic heterocycles. The summed E-state index contributed by atoms with van der Waals surface area (Å²) >= 11 is 0. The number of hydrogen-bond acceptors (Lipinski definition) is 4. The lowest BCUT2D eigenvalue weighted by molar-refractivity contribution is 0.0602. The van der Waals surface area contributed by atoms with Crippen molar-refractivity contribution < 1.29 is 13.2 Å². The van der Waals surface area contributed by atoms with E-state index < -0.39 is 15.7 Å². The summed E-state index contributed by atoms with van der Waals surface area (Å²) in [5, 5.41) is 0. The Morgan fingerprint density at radius 3 is 2.57 bits per heavy atom. The summed E-state index contributed by atoms with van der Waals surface area (Å²) in [6, 6.07) is 0. The van der Waals surface area contributed by atoms with Gasteiger partial charge in [0.1, 0.15) is 0 Å². The fourth-order valence-electron chi connectivity index (χ4n) is 3.81. The predicted octanol–water partition coefficient (Wildman–Crippen LogP) is 0.793. The first-order chi connectivity index (χ1) is 9.96. The van der Waals surface area contributed by atoms with Crippen molar-refractivity contribution in [2.75, 3.05) is 39.4 Å². The van der Waals surface area contributed by atoms with Crippen molar-refractivity contribution in [2.24, 2.45) is 11.7 Å². The van der Waals surface area contributed by atoms with E-state index in [4.69, 9.17) is 10.5 Å². The van der Waals surface area contributed by atoms with Crippen LogP contribution in [0.3, 0.4) is 0 Å². The highest BCUT2D eigenvalue weighted by molar-refractivity contribution is 7.86. The van der Waals surface area contributed by atoms with Crippen LogP contribution in [-0.2, 0) is 14.9 Å². The molecule has 0 aromatic carbocycles. The fourth-order valence-corrected chi connectivity index (χ4v) is 5.75. The van der Waals surface area contributed by atoms with Crippen LogP contribution in [0.25, 0.3) is 0 Å². The molecule has 21 heavy (non-hydrogen) atoms. The van der Waals surface area contributed by atoms with Crippen molar-refractivity contribution in [3.05, 3.63) is 0 Å². The molecule has 1 saturated carbocycles. The zero-order valence-corrected chi connectivity index (χ0v) is 14.1. The second kappa shape index (κ2) is 6.91. The largest absolute Gasteiger partial charge is 0.379 e. The highest BCUT2D eigenvalue weighted by Crippen LogP contribution is 2.38. The number of hydrogen-bond donors (Lipinski definition) is 1. The minimum Gasteiger partial charge on any atom is -0.379 e. The van der Waals surface area contributed by atoms with E-state index in [1.807, 2.05) is 6.92 Å². The standard InChI is InChI=1S/C14H29N3O3S/c1-3-17(14(12-15)6-4-5-13(2)11-14)21(18,19)16-7-9-20-10-8-16/h13H,3-12,15H2,1-2H3. The van der Waals surface area contributed by atoms with E-state index in [9.17, 15) is 8.42 Å². The summed E-state index contributed by atoms with van der Waals surface area (Å²) in [6.45, 7) is 6.81. The quantitative estimate of drug-likeness (QED) is 0.813. The van der Waals surface area contributed by atoms with Gasteiger partial charge in [0.15, 0.2) is 0 Å². The maximum Gasteiger partial charge on any atom is 0.282 e. The van der Waals surface area contributed by atoms with E-state index in [2.05, 4.69) is 6.92 Å². The van der Waals surface area contributed by atoms with Crippen LogP contribution < -0.4 is 5.73 Å². The third-order valence-electron chi connectivity index (χ3n) is 4.84. The van der Waals surface area contributed by atoms with Crippen molar-refractivity contribution >= 4 is 10.2 Å². The summed E-state index contributed by atoms with van der Waals surface area (Å²) in [4.78, 5) is 0. The van der Waals surface area contributed by atoms with Crippen LogP contribution in [0.2, 0.25) is 0 Å².